The van der Waals surface area contributed by atoms with E-state index in [2.05, 4.69) is 5.32 Å². The summed E-state index contributed by atoms with van der Waals surface area (Å²) in [5.74, 6) is 1.07. The van der Waals surface area contributed by atoms with Crippen molar-refractivity contribution >= 4 is 18.3 Å². The number of methoxy groups -OCH3 is 2. The third-order valence-electron chi connectivity index (χ3n) is 3.76. The molecule has 5 nitrogen and oxygen atoms in total. The first-order valence-corrected chi connectivity index (χ1v) is 6.92. The number of rotatable bonds is 4. The summed E-state index contributed by atoms with van der Waals surface area (Å²) in [5, 5.41) is 3.05. The number of carbonyl (C=O) groups excluding carboxylic acids is 1. The zero-order chi connectivity index (χ0) is 14.5. The Morgan fingerprint density at radius 3 is 2.43 bits per heavy atom. The molecule has 0 atom stereocenters. The van der Waals surface area contributed by atoms with Gasteiger partial charge in [0.25, 0.3) is 5.91 Å². The predicted octanol–water partition coefficient (Wildman–Crippen LogP) is 2.13. The second-order valence-electron chi connectivity index (χ2n) is 5.15. The molecule has 0 unspecified atom stereocenters. The Morgan fingerprint density at radius 1 is 1.19 bits per heavy atom. The Morgan fingerprint density at radius 2 is 1.86 bits per heavy atom. The van der Waals surface area contributed by atoms with Gasteiger partial charge in [-0.1, -0.05) is 0 Å². The highest BCUT2D eigenvalue weighted by Crippen LogP contribution is 2.25. The van der Waals surface area contributed by atoms with Crippen molar-refractivity contribution in [2.24, 2.45) is 5.73 Å². The Labute approximate surface area is 131 Å². The second-order valence-corrected chi connectivity index (χ2v) is 5.15. The van der Waals surface area contributed by atoms with Gasteiger partial charge in [0.2, 0.25) is 0 Å². The van der Waals surface area contributed by atoms with Gasteiger partial charge in [0.1, 0.15) is 11.5 Å². The second kappa shape index (κ2) is 8.10. The van der Waals surface area contributed by atoms with Crippen molar-refractivity contribution in [3.8, 4) is 11.5 Å². The lowest BCUT2D eigenvalue weighted by atomic mass is 9.91. The van der Waals surface area contributed by atoms with Crippen LogP contribution in [0.4, 0.5) is 0 Å². The number of nitrogens with two attached hydrogens (primary N) is 1. The Kier molecular flexibility index (Phi) is 6.78. The molecule has 0 saturated heterocycles. The molecule has 6 heteroatoms. The Hall–Kier alpha value is -1.46. The third-order valence-corrected chi connectivity index (χ3v) is 3.76. The first-order chi connectivity index (χ1) is 9.63. The highest BCUT2D eigenvalue weighted by Gasteiger charge is 2.22. The molecule has 1 saturated carbocycles. The van der Waals surface area contributed by atoms with Gasteiger partial charge in [-0.2, -0.15) is 0 Å². The maximum atomic E-state index is 12.4. The van der Waals surface area contributed by atoms with Crippen LogP contribution in [0.3, 0.4) is 0 Å². The molecule has 3 N–H and O–H groups in total. The molecule has 0 radical (unpaired) electrons. The van der Waals surface area contributed by atoms with Crippen molar-refractivity contribution in [1.82, 2.24) is 5.32 Å². The van der Waals surface area contributed by atoms with Crippen LogP contribution in [0.2, 0.25) is 0 Å². The largest absolute Gasteiger partial charge is 0.497 e. The molecule has 1 aromatic rings. The van der Waals surface area contributed by atoms with Gasteiger partial charge in [-0.05, 0) is 43.9 Å². The summed E-state index contributed by atoms with van der Waals surface area (Å²) in [4.78, 5) is 12.4. The summed E-state index contributed by atoms with van der Waals surface area (Å²) in [7, 11) is 3.13. The minimum Gasteiger partial charge on any atom is -0.497 e. The normalized spacial score (nSPS) is 21.1. The molecular formula is C15H23ClN2O3. The minimum atomic E-state index is -0.124. The molecule has 0 spiro atoms. The van der Waals surface area contributed by atoms with E-state index in [9.17, 15) is 4.79 Å². The van der Waals surface area contributed by atoms with Gasteiger partial charge in [-0.15, -0.1) is 12.4 Å². The average Bonchev–Trinajstić information content (AvgIpc) is 2.48. The van der Waals surface area contributed by atoms with Crippen LogP contribution in [0.15, 0.2) is 18.2 Å². The first kappa shape index (κ1) is 17.6. The van der Waals surface area contributed by atoms with E-state index < -0.39 is 0 Å². The molecule has 2 rings (SSSR count). The van der Waals surface area contributed by atoms with Crippen LogP contribution in [-0.2, 0) is 0 Å². The number of nitrogens with one attached hydrogen (secondary N) is 1. The minimum absolute atomic E-state index is 0. The lowest BCUT2D eigenvalue weighted by Crippen LogP contribution is -2.40. The van der Waals surface area contributed by atoms with E-state index in [1.165, 1.54) is 0 Å². The van der Waals surface area contributed by atoms with E-state index >= 15 is 0 Å². The van der Waals surface area contributed by atoms with Gasteiger partial charge >= 0.3 is 0 Å². The van der Waals surface area contributed by atoms with Crippen LogP contribution in [0, 0.1) is 0 Å². The van der Waals surface area contributed by atoms with Gasteiger partial charge < -0.3 is 20.5 Å². The molecule has 1 aromatic carbocycles. The zero-order valence-corrected chi connectivity index (χ0v) is 13.2. The summed E-state index contributed by atoms with van der Waals surface area (Å²) < 4.78 is 10.4. The number of carbonyl (C=O) groups is 1. The fourth-order valence-corrected chi connectivity index (χ4v) is 2.52. The standard InChI is InChI=1S/C15H22N2O3.ClH/c1-19-12-7-8-14(20-2)13(9-12)15(18)17-11-5-3-10(16)4-6-11;/h7-11H,3-6,16H2,1-2H3,(H,17,18);1H. The summed E-state index contributed by atoms with van der Waals surface area (Å²) in [6.07, 6.45) is 3.78. The van der Waals surface area contributed by atoms with E-state index in [-0.39, 0.29) is 30.4 Å². The van der Waals surface area contributed by atoms with Crippen LogP contribution in [0.1, 0.15) is 36.0 Å². The maximum absolute atomic E-state index is 12.4. The van der Waals surface area contributed by atoms with Gasteiger partial charge in [-0.3, -0.25) is 4.79 Å². The lowest BCUT2D eigenvalue weighted by Gasteiger charge is -2.27. The molecule has 21 heavy (non-hydrogen) atoms. The van der Waals surface area contributed by atoms with Crippen LogP contribution < -0.4 is 20.5 Å². The summed E-state index contributed by atoms with van der Waals surface area (Å²) in [5.41, 5.74) is 6.37. The number of amides is 1. The number of ether oxygens (including phenoxy) is 2. The van der Waals surface area contributed by atoms with Crippen LogP contribution in [0.25, 0.3) is 0 Å². The zero-order valence-electron chi connectivity index (χ0n) is 12.4. The predicted molar refractivity (Wildman–Crippen MR) is 84.5 cm³/mol. The van der Waals surface area contributed by atoms with Gasteiger partial charge in [0.15, 0.2) is 0 Å². The third kappa shape index (κ3) is 4.51. The molecule has 0 bridgehead atoms. The molecule has 0 aromatic heterocycles. The lowest BCUT2D eigenvalue weighted by molar-refractivity contribution is 0.0922. The van der Waals surface area contributed by atoms with E-state index in [4.69, 9.17) is 15.2 Å². The molecule has 1 amide bonds. The SMILES string of the molecule is COc1ccc(OC)c(C(=O)NC2CCC(N)CC2)c1.Cl. The number of hydrogen-bond acceptors (Lipinski definition) is 4. The molecule has 0 aliphatic heterocycles. The first-order valence-electron chi connectivity index (χ1n) is 6.92. The summed E-state index contributed by atoms with van der Waals surface area (Å²) in [6.45, 7) is 0. The Balaban J connectivity index is 0.00000220. The van der Waals surface area contributed by atoms with Crippen LogP contribution >= 0.6 is 12.4 Å². The summed E-state index contributed by atoms with van der Waals surface area (Å²) >= 11 is 0. The van der Waals surface area contributed by atoms with Crippen molar-refractivity contribution < 1.29 is 14.3 Å². The molecular weight excluding hydrogens is 292 g/mol. The maximum Gasteiger partial charge on any atom is 0.255 e. The van der Waals surface area contributed by atoms with E-state index in [0.29, 0.717) is 17.1 Å². The van der Waals surface area contributed by atoms with Crippen molar-refractivity contribution in [3.63, 3.8) is 0 Å². The van der Waals surface area contributed by atoms with Crippen LogP contribution in [-0.4, -0.2) is 32.2 Å². The molecule has 0 heterocycles. The van der Waals surface area contributed by atoms with Crippen molar-refractivity contribution in [2.45, 2.75) is 37.8 Å². The van der Waals surface area contributed by atoms with E-state index in [1.54, 1.807) is 32.4 Å². The van der Waals surface area contributed by atoms with Crippen molar-refractivity contribution in [3.05, 3.63) is 23.8 Å². The average molecular weight is 315 g/mol. The molecule has 1 aliphatic rings. The smallest absolute Gasteiger partial charge is 0.255 e. The Bertz CT molecular complexity index is 474. The number of benzene rings is 1. The highest BCUT2D eigenvalue weighted by atomic mass is 35.5. The van der Waals surface area contributed by atoms with Gasteiger partial charge in [0.05, 0.1) is 19.8 Å². The number of halogens is 1. The van der Waals surface area contributed by atoms with Gasteiger partial charge in [0, 0.05) is 12.1 Å². The number of hydrogen-bond donors (Lipinski definition) is 2. The van der Waals surface area contributed by atoms with Gasteiger partial charge in [-0.25, -0.2) is 0 Å². The highest BCUT2D eigenvalue weighted by molar-refractivity contribution is 5.97. The van der Waals surface area contributed by atoms with Crippen molar-refractivity contribution in [1.29, 1.82) is 0 Å². The fraction of sp³-hybridized carbons (Fsp3) is 0.533. The molecule has 1 aliphatic carbocycles. The quantitative estimate of drug-likeness (QED) is 0.893. The monoisotopic (exact) mass is 314 g/mol. The molecule has 1 fully saturated rings. The van der Waals surface area contributed by atoms with Crippen LogP contribution in [0.5, 0.6) is 11.5 Å². The summed E-state index contributed by atoms with van der Waals surface area (Å²) in [6, 6.07) is 5.68. The van der Waals surface area contributed by atoms with E-state index in [1.807, 2.05) is 0 Å². The molecule has 118 valence electrons. The fourth-order valence-electron chi connectivity index (χ4n) is 2.52. The van der Waals surface area contributed by atoms with E-state index in [0.717, 1.165) is 25.7 Å². The van der Waals surface area contributed by atoms with Crippen molar-refractivity contribution in [2.75, 3.05) is 14.2 Å². The topological polar surface area (TPSA) is 73.6 Å².